The second-order valence-electron chi connectivity index (χ2n) is 10.9. The van der Waals surface area contributed by atoms with Gasteiger partial charge >= 0.3 is 12.5 Å². The van der Waals surface area contributed by atoms with Crippen LogP contribution in [0.4, 0.5) is 32.2 Å². The van der Waals surface area contributed by atoms with Gasteiger partial charge in [0.2, 0.25) is 0 Å². The molecule has 0 radical (unpaired) electrons. The summed E-state index contributed by atoms with van der Waals surface area (Å²) < 4.78 is 96.2. The number of ether oxygens (including phenoxy) is 2. The first-order valence-corrected chi connectivity index (χ1v) is 13.6. The quantitative estimate of drug-likeness (QED) is 0.232. The minimum Gasteiger partial charge on any atom is -0.405 e. The van der Waals surface area contributed by atoms with Gasteiger partial charge in [-0.2, -0.15) is 13.2 Å². The number of para-hydroxylation sites is 1. The second-order valence-corrected chi connectivity index (χ2v) is 10.9. The van der Waals surface area contributed by atoms with Gasteiger partial charge in [-0.25, -0.2) is 4.98 Å². The van der Waals surface area contributed by atoms with E-state index in [4.69, 9.17) is 9.26 Å². The van der Waals surface area contributed by atoms with Crippen molar-refractivity contribution >= 4 is 5.82 Å². The Hall–Kier alpha value is -3.36. The van der Waals surface area contributed by atoms with Gasteiger partial charge in [-0.1, -0.05) is 17.3 Å². The third-order valence-electron chi connectivity index (χ3n) is 8.06. The number of halogens is 6. The highest BCUT2D eigenvalue weighted by Gasteiger charge is 2.44. The summed E-state index contributed by atoms with van der Waals surface area (Å²) in [6.45, 7) is 0.0364. The number of hydrogen-bond donors (Lipinski definition) is 2. The van der Waals surface area contributed by atoms with Gasteiger partial charge in [0, 0.05) is 40.9 Å². The van der Waals surface area contributed by atoms with Crippen LogP contribution in [0.1, 0.15) is 73.2 Å². The van der Waals surface area contributed by atoms with Gasteiger partial charge in [0.25, 0.3) is 0 Å². The van der Waals surface area contributed by atoms with Crippen molar-refractivity contribution in [1.82, 2.24) is 10.1 Å². The zero-order valence-corrected chi connectivity index (χ0v) is 22.0. The Kier molecular flexibility index (Phi) is 7.34. The standard InChI is InChI=1S/C28H27F6N3O5/c29-27(30,31)21-11-23(35-12-19(21)26(38)39)37-15-7-8-16(37)10-17(9-15)40-13-20-24(36-42-25(20)14-5-6-14)18-3-1-2-4-22(18)41-28(32,33)34/h1-4,11-12,14-17,26,38-39H,5-10,13H2/t15-,16?,17?/m0/s1. The zero-order valence-electron chi connectivity index (χ0n) is 22.0. The number of pyridine rings is 1. The number of anilines is 1. The molecule has 3 fully saturated rings. The van der Waals surface area contributed by atoms with Crippen molar-refractivity contribution in [3.8, 4) is 17.0 Å². The highest BCUT2D eigenvalue weighted by molar-refractivity contribution is 5.70. The molecular formula is C28H27F6N3O5. The maximum absolute atomic E-state index is 13.7. The van der Waals surface area contributed by atoms with E-state index in [2.05, 4.69) is 14.9 Å². The van der Waals surface area contributed by atoms with Crippen molar-refractivity contribution in [2.24, 2.45) is 0 Å². The average molecular weight is 600 g/mol. The van der Waals surface area contributed by atoms with Crippen molar-refractivity contribution in [2.45, 2.75) is 88.1 Å². The molecule has 2 aromatic heterocycles. The molecule has 2 bridgehead atoms. The molecule has 3 aromatic rings. The molecule has 226 valence electrons. The first kappa shape index (κ1) is 28.7. The fourth-order valence-corrected chi connectivity index (χ4v) is 6.10. The van der Waals surface area contributed by atoms with E-state index >= 15 is 0 Å². The van der Waals surface area contributed by atoms with E-state index < -0.39 is 35.7 Å². The van der Waals surface area contributed by atoms with Crippen LogP contribution in [0.2, 0.25) is 0 Å². The van der Waals surface area contributed by atoms with Crippen molar-refractivity contribution in [2.75, 3.05) is 4.90 Å². The number of nitrogens with zero attached hydrogens (tertiary/aromatic N) is 3. The lowest BCUT2D eigenvalue weighted by Crippen LogP contribution is -2.46. The monoisotopic (exact) mass is 599 g/mol. The number of benzene rings is 1. The summed E-state index contributed by atoms with van der Waals surface area (Å²) >= 11 is 0. The highest BCUT2D eigenvalue weighted by Crippen LogP contribution is 2.47. The average Bonchev–Trinajstić information content (AvgIpc) is 3.62. The van der Waals surface area contributed by atoms with Gasteiger partial charge < -0.3 is 29.1 Å². The number of fused-ring (bicyclic) bond motifs is 2. The lowest BCUT2D eigenvalue weighted by molar-refractivity contribution is -0.274. The Morgan fingerprint density at radius 2 is 1.69 bits per heavy atom. The summed E-state index contributed by atoms with van der Waals surface area (Å²) in [5.41, 5.74) is -0.966. The minimum atomic E-state index is -4.89. The van der Waals surface area contributed by atoms with E-state index in [1.54, 1.807) is 6.07 Å². The Labute approximate surface area is 235 Å². The molecule has 3 atom stereocenters. The molecule has 2 aliphatic heterocycles. The summed E-state index contributed by atoms with van der Waals surface area (Å²) in [6.07, 6.45) is -7.27. The molecule has 14 heteroatoms. The number of aliphatic hydroxyl groups excluding tert-OH is 1. The molecule has 2 saturated heterocycles. The predicted octanol–water partition coefficient (Wildman–Crippen LogP) is 6.23. The number of aromatic nitrogens is 2. The van der Waals surface area contributed by atoms with Crippen LogP contribution in [0.25, 0.3) is 11.3 Å². The topological polar surface area (TPSA) is 101 Å². The van der Waals surface area contributed by atoms with Gasteiger partial charge in [-0.05, 0) is 56.7 Å². The van der Waals surface area contributed by atoms with Gasteiger partial charge in [0.15, 0.2) is 6.29 Å². The van der Waals surface area contributed by atoms with E-state index in [1.165, 1.54) is 18.2 Å². The van der Waals surface area contributed by atoms with E-state index in [1.807, 2.05) is 4.90 Å². The van der Waals surface area contributed by atoms with Crippen LogP contribution in [0.5, 0.6) is 5.75 Å². The van der Waals surface area contributed by atoms with Crippen LogP contribution in [-0.2, 0) is 17.5 Å². The number of aliphatic hydroxyl groups is 2. The first-order chi connectivity index (χ1) is 19.9. The lowest BCUT2D eigenvalue weighted by Gasteiger charge is -2.40. The Morgan fingerprint density at radius 1 is 1.00 bits per heavy atom. The first-order valence-electron chi connectivity index (χ1n) is 13.6. The Bertz CT molecular complexity index is 1420. The maximum Gasteiger partial charge on any atom is 0.573 e. The molecule has 42 heavy (non-hydrogen) atoms. The van der Waals surface area contributed by atoms with E-state index in [0.717, 1.165) is 25.1 Å². The molecule has 2 N–H and O–H groups in total. The molecule has 3 aliphatic rings. The molecule has 1 aliphatic carbocycles. The van der Waals surface area contributed by atoms with Gasteiger partial charge in [-0.3, -0.25) is 0 Å². The molecule has 2 unspecified atom stereocenters. The van der Waals surface area contributed by atoms with Crippen LogP contribution in [0, 0.1) is 0 Å². The third-order valence-corrected chi connectivity index (χ3v) is 8.06. The van der Waals surface area contributed by atoms with Crippen LogP contribution in [0.15, 0.2) is 41.1 Å². The fraction of sp³-hybridized carbons (Fsp3) is 0.500. The van der Waals surface area contributed by atoms with Crippen molar-refractivity contribution in [1.29, 1.82) is 0 Å². The third kappa shape index (κ3) is 5.79. The number of alkyl halides is 6. The molecule has 0 amide bonds. The van der Waals surface area contributed by atoms with Gasteiger partial charge in [-0.15, -0.1) is 13.2 Å². The lowest BCUT2D eigenvalue weighted by atomic mass is 9.98. The van der Waals surface area contributed by atoms with Gasteiger partial charge in [0.05, 0.1) is 18.3 Å². The Morgan fingerprint density at radius 3 is 2.31 bits per heavy atom. The maximum atomic E-state index is 13.7. The molecule has 8 nitrogen and oxygen atoms in total. The Balaban J connectivity index is 1.21. The summed E-state index contributed by atoms with van der Waals surface area (Å²) in [4.78, 5) is 5.96. The molecule has 6 rings (SSSR count). The molecule has 0 spiro atoms. The highest BCUT2D eigenvalue weighted by atomic mass is 19.4. The van der Waals surface area contributed by atoms with Crippen LogP contribution >= 0.6 is 0 Å². The van der Waals surface area contributed by atoms with E-state index in [-0.39, 0.29) is 47.8 Å². The predicted molar refractivity (Wildman–Crippen MR) is 134 cm³/mol. The number of hydrogen-bond acceptors (Lipinski definition) is 8. The normalized spacial score (nSPS) is 22.7. The van der Waals surface area contributed by atoms with Crippen molar-refractivity contribution < 1.29 is 50.6 Å². The fourth-order valence-electron chi connectivity index (χ4n) is 6.10. The van der Waals surface area contributed by atoms with Gasteiger partial charge in [0.1, 0.15) is 23.0 Å². The summed E-state index contributed by atoms with van der Waals surface area (Å²) in [6, 6.07) is 6.23. The SMILES string of the molecule is OC(O)c1cnc(N2C3CC[C@H]2CC(OCc2c(-c4ccccc4OC(F)(F)F)noc2C2CC2)C3)cc1C(F)(F)F. The van der Waals surface area contributed by atoms with Crippen molar-refractivity contribution in [3.63, 3.8) is 0 Å². The molecule has 4 heterocycles. The van der Waals surface area contributed by atoms with Crippen LogP contribution in [-0.4, -0.2) is 44.9 Å². The largest absolute Gasteiger partial charge is 0.573 e. The van der Waals surface area contributed by atoms with E-state index in [0.29, 0.717) is 37.0 Å². The van der Waals surface area contributed by atoms with Crippen LogP contribution in [0.3, 0.4) is 0 Å². The number of rotatable bonds is 8. The van der Waals surface area contributed by atoms with Crippen LogP contribution < -0.4 is 9.64 Å². The molecule has 1 aromatic carbocycles. The molecule has 1 saturated carbocycles. The van der Waals surface area contributed by atoms with E-state index in [9.17, 15) is 36.6 Å². The summed E-state index contributed by atoms with van der Waals surface area (Å²) in [5, 5.41) is 22.9. The second kappa shape index (κ2) is 10.7. The zero-order chi connectivity index (χ0) is 29.8. The molecular weight excluding hydrogens is 572 g/mol. The minimum absolute atomic E-state index is 0.0364. The number of piperidine rings is 1. The summed E-state index contributed by atoms with van der Waals surface area (Å²) in [7, 11) is 0. The summed E-state index contributed by atoms with van der Waals surface area (Å²) in [5.74, 6) is 0.380. The smallest absolute Gasteiger partial charge is 0.405 e. The van der Waals surface area contributed by atoms with Crippen molar-refractivity contribution in [3.05, 3.63) is 59.0 Å².